The lowest BCUT2D eigenvalue weighted by Crippen LogP contribution is -2.35. The van der Waals surface area contributed by atoms with Gasteiger partial charge >= 0.3 is 0 Å². The van der Waals surface area contributed by atoms with Crippen molar-refractivity contribution in [3.63, 3.8) is 0 Å². The highest BCUT2D eigenvalue weighted by Gasteiger charge is 2.17. The zero-order valence-corrected chi connectivity index (χ0v) is 17.3. The van der Waals surface area contributed by atoms with Gasteiger partial charge in [0.1, 0.15) is 0 Å². The molecule has 1 N–H and O–H groups in total. The first kappa shape index (κ1) is 19.4. The number of rotatable bonds is 7. The molecule has 2 aromatic rings. The summed E-state index contributed by atoms with van der Waals surface area (Å²) in [6.07, 6.45) is 9.53. The fourth-order valence-electron chi connectivity index (χ4n) is 3.39. The van der Waals surface area contributed by atoms with Crippen LogP contribution in [0.2, 0.25) is 0 Å². The molecule has 0 atom stereocenters. The SMILES string of the molecule is CCCc1cc(-c2nnc(SCC(=O)NC3CCCCCC3)n2C)cs1. The number of hydrogen-bond donors (Lipinski definition) is 1. The lowest BCUT2D eigenvalue weighted by atomic mass is 10.1. The van der Waals surface area contributed by atoms with Crippen LogP contribution in [-0.4, -0.2) is 32.5 Å². The van der Waals surface area contributed by atoms with E-state index in [2.05, 4.69) is 33.9 Å². The van der Waals surface area contributed by atoms with Gasteiger partial charge in [0.05, 0.1) is 5.75 Å². The Morgan fingerprint density at radius 1 is 1.31 bits per heavy atom. The summed E-state index contributed by atoms with van der Waals surface area (Å²) in [6.45, 7) is 2.19. The molecule has 0 aliphatic heterocycles. The normalized spacial score (nSPS) is 15.8. The van der Waals surface area contributed by atoms with E-state index in [0.717, 1.165) is 42.2 Å². The maximum atomic E-state index is 12.3. The smallest absolute Gasteiger partial charge is 0.230 e. The third kappa shape index (κ3) is 5.10. The van der Waals surface area contributed by atoms with Gasteiger partial charge in [0.25, 0.3) is 0 Å². The van der Waals surface area contributed by atoms with Crippen molar-refractivity contribution in [2.24, 2.45) is 7.05 Å². The lowest BCUT2D eigenvalue weighted by Gasteiger charge is -2.15. The number of carbonyl (C=O) groups excluding carboxylic acids is 1. The minimum Gasteiger partial charge on any atom is -0.353 e. The fourth-order valence-corrected chi connectivity index (χ4v) is 5.08. The van der Waals surface area contributed by atoms with E-state index in [4.69, 9.17) is 0 Å². The van der Waals surface area contributed by atoms with Crippen molar-refractivity contribution in [3.05, 3.63) is 16.3 Å². The fraction of sp³-hybridized carbons (Fsp3) is 0.632. The summed E-state index contributed by atoms with van der Waals surface area (Å²) in [5, 5.41) is 14.7. The molecule has 2 aromatic heterocycles. The van der Waals surface area contributed by atoms with Crippen molar-refractivity contribution in [1.29, 1.82) is 0 Å². The zero-order chi connectivity index (χ0) is 18.4. The number of carbonyl (C=O) groups is 1. The van der Waals surface area contributed by atoms with Crippen LogP contribution in [0, 0.1) is 0 Å². The van der Waals surface area contributed by atoms with Crippen molar-refractivity contribution in [1.82, 2.24) is 20.1 Å². The predicted octanol–water partition coefficient (Wildman–Crippen LogP) is 4.43. The molecule has 1 amide bonds. The van der Waals surface area contributed by atoms with E-state index in [1.807, 2.05) is 11.6 Å². The standard InChI is InChI=1S/C19H28N4OS2/c1-3-8-16-11-14(12-25-16)18-21-22-19(23(18)2)26-13-17(24)20-15-9-6-4-5-7-10-15/h11-12,15H,3-10,13H2,1-2H3,(H,20,24). The highest BCUT2D eigenvalue weighted by molar-refractivity contribution is 7.99. The Kier molecular flexibility index (Phi) is 7.14. The summed E-state index contributed by atoms with van der Waals surface area (Å²) in [4.78, 5) is 13.6. The topological polar surface area (TPSA) is 59.8 Å². The third-order valence-corrected chi connectivity index (χ3v) is 6.81. The molecule has 2 heterocycles. The minimum absolute atomic E-state index is 0.104. The number of amides is 1. The molecule has 5 nitrogen and oxygen atoms in total. The van der Waals surface area contributed by atoms with Crippen LogP contribution in [0.5, 0.6) is 0 Å². The van der Waals surface area contributed by atoms with Gasteiger partial charge in [0, 0.05) is 28.9 Å². The van der Waals surface area contributed by atoms with Gasteiger partial charge in [-0.3, -0.25) is 4.79 Å². The van der Waals surface area contributed by atoms with E-state index >= 15 is 0 Å². The molecule has 7 heteroatoms. The highest BCUT2D eigenvalue weighted by Crippen LogP contribution is 2.27. The second-order valence-corrected chi connectivity index (χ2v) is 8.90. The van der Waals surface area contributed by atoms with E-state index in [-0.39, 0.29) is 5.91 Å². The summed E-state index contributed by atoms with van der Waals surface area (Å²) in [7, 11) is 1.97. The van der Waals surface area contributed by atoms with Gasteiger partial charge < -0.3 is 9.88 Å². The van der Waals surface area contributed by atoms with Crippen LogP contribution in [0.15, 0.2) is 16.6 Å². The van der Waals surface area contributed by atoms with Crippen molar-refractivity contribution >= 4 is 29.0 Å². The number of hydrogen-bond acceptors (Lipinski definition) is 5. The first-order valence-corrected chi connectivity index (χ1v) is 11.4. The van der Waals surface area contributed by atoms with Gasteiger partial charge in [0.2, 0.25) is 5.91 Å². The van der Waals surface area contributed by atoms with E-state index in [9.17, 15) is 4.79 Å². The van der Waals surface area contributed by atoms with E-state index in [1.54, 1.807) is 11.3 Å². The average molecular weight is 393 g/mol. The number of nitrogens with zero attached hydrogens (tertiary/aromatic N) is 3. The summed E-state index contributed by atoms with van der Waals surface area (Å²) >= 11 is 3.24. The molecule has 0 aromatic carbocycles. The predicted molar refractivity (Wildman–Crippen MR) is 109 cm³/mol. The summed E-state index contributed by atoms with van der Waals surface area (Å²) in [5.41, 5.74) is 1.11. The molecule has 3 rings (SSSR count). The van der Waals surface area contributed by atoms with Crippen LogP contribution in [0.25, 0.3) is 11.4 Å². The molecular formula is C19H28N4OS2. The number of aromatic nitrogens is 3. The van der Waals surface area contributed by atoms with Crippen LogP contribution in [0.4, 0.5) is 0 Å². The zero-order valence-electron chi connectivity index (χ0n) is 15.7. The van der Waals surface area contributed by atoms with Crippen LogP contribution in [-0.2, 0) is 18.3 Å². The monoisotopic (exact) mass is 392 g/mol. The van der Waals surface area contributed by atoms with Gasteiger partial charge in [-0.2, -0.15) is 0 Å². The Balaban J connectivity index is 1.55. The van der Waals surface area contributed by atoms with E-state index in [0.29, 0.717) is 11.8 Å². The number of thioether (sulfide) groups is 1. The summed E-state index contributed by atoms with van der Waals surface area (Å²) in [6, 6.07) is 2.55. The first-order chi connectivity index (χ1) is 12.7. The van der Waals surface area contributed by atoms with Crippen LogP contribution in [0.1, 0.15) is 56.7 Å². The van der Waals surface area contributed by atoms with E-state index in [1.165, 1.54) is 42.3 Å². The van der Waals surface area contributed by atoms with Crippen LogP contribution < -0.4 is 5.32 Å². The van der Waals surface area contributed by atoms with Crippen LogP contribution >= 0.6 is 23.1 Å². The van der Waals surface area contributed by atoms with E-state index < -0.39 is 0 Å². The summed E-state index contributed by atoms with van der Waals surface area (Å²) in [5.74, 6) is 1.37. The lowest BCUT2D eigenvalue weighted by molar-refractivity contribution is -0.119. The number of nitrogens with one attached hydrogen (secondary N) is 1. The largest absolute Gasteiger partial charge is 0.353 e. The van der Waals surface area contributed by atoms with Gasteiger partial charge in [-0.15, -0.1) is 21.5 Å². The average Bonchev–Trinajstić information content (AvgIpc) is 3.13. The molecule has 1 aliphatic rings. The Morgan fingerprint density at radius 2 is 2.08 bits per heavy atom. The maximum Gasteiger partial charge on any atom is 0.230 e. The molecule has 0 radical (unpaired) electrons. The molecule has 0 spiro atoms. The van der Waals surface area contributed by atoms with Gasteiger partial charge in [0.15, 0.2) is 11.0 Å². The molecule has 26 heavy (non-hydrogen) atoms. The first-order valence-electron chi connectivity index (χ1n) is 9.56. The Morgan fingerprint density at radius 3 is 2.81 bits per heavy atom. The van der Waals surface area contributed by atoms with Crippen molar-refractivity contribution in [2.45, 2.75) is 69.5 Å². The van der Waals surface area contributed by atoms with Gasteiger partial charge in [-0.25, -0.2) is 0 Å². The number of thiophene rings is 1. The maximum absolute atomic E-state index is 12.3. The van der Waals surface area contributed by atoms with Crippen molar-refractivity contribution in [3.8, 4) is 11.4 Å². The van der Waals surface area contributed by atoms with Gasteiger partial charge in [-0.05, 0) is 25.3 Å². The minimum atomic E-state index is 0.104. The second-order valence-electron chi connectivity index (χ2n) is 6.96. The molecule has 0 saturated heterocycles. The molecular weight excluding hydrogens is 364 g/mol. The molecule has 1 fully saturated rings. The number of aryl methyl sites for hydroxylation is 1. The Hall–Kier alpha value is -1.34. The quantitative estimate of drug-likeness (QED) is 0.559. The Bertz CT molecular complexity index is 717. The highest BCUT2D eigenvalue weighted by atomic mass is 32.2. The third-order valence-electron chi connectivity index (χ3n) is 4.80. The summed E-state index contributed by atoms with van der Waals surface area (Å²) < 4.78 is 1.99. The van der Waals surface area contributed by atoms with Crippen LogP contribution in [0.3, 0.4) is 0 Å². The van der Waals surface area contributed by atoms with Gasteiger partial charge in [-0.1, -0.05) is 50.8 Å². The van der Waals surface area contributed by atoms with Crippen molar-refractivity contribution < 1.29 is 4.79 Å². The van der Waals surface area contributed by atoms with Crippen molar-refractivity contribution in [2.75, 3.05) is 5.75 Å². The molecule has 1 saturated carbocycles. The molecule has 0 bridgehead atoms. The second kappa shape index (κ2) is 9.55. The Labute approximate surface area is 164 Å². The molecule has 1 aliphatic carbocycles. The molecule has 142 valence electrons. The molecule has 0 unspecified atom stereocenters.